The molecule has 0 unspecified atom stereocenters. The molecular weight excluding hydrogens is 344 g/mol. The first-order valence-corrected chi connectivity index (χ1v) is 9.82. The number of amides is 1. The first-order valence-electron chi connectivity index (χ1n) is 8.34. The lowest BCUT2D eigenvalue weighted by Crippen LogP contribution is -2.40. The number of sulfonamides is 1. The van der Waals surface area contributed by atoms with Gasteiger partial charge in [0.1, 0.15) is 0 Å². The number of carboxylic acid groups (broad SMARTS) is 1. The zero-order valence-electron chi connectivity index (χ0n) is 14.4. The van der Waals surface area contributed by atoms with Gasteiger partial charge >= 0.3 is 5.97 Å². The van der Waals surface area contributed by atoms with Gasteiger partial charge in [-0.2, -0.15) is 0 Å². The summed E-state index contributed by atoms with van der Waals surface area (Å²) in [5.41, 5.74) is 0.304. The molecule has 0 spiro atoms. The van der Waals surface area contributed by atoms with Gasteiger partial charge in [-0.15, -0.1) is 0 Å². The Kier molecular flexibility index (Phi) is 6.18. The molecular formula is C17H24N2O5S. The van der Waals surface area contributed by atoms with Crippen LogP contribution < -0.4 is 10.0 Å². The summed E-state index contributed by atoms with van der Waals surface area (Å²) in [6.07, 6.45) is 1.95. The minimum Gasteiger partial charge on any atom is -0.481 e. The van der Waals surface area contributed by atoms with Crippen molar-refractivity contribution in [2.24, 2.45) is 11.8 Å². The summed E-state index contributed by atoms with van der Waals surface area (Å²) in [6, 6.07) is 5.23. The Morgan fingerprint density at radius 1 is 1.20 bits per heavy atom. The minimum absolute atomic E-state index is 0.0916. The molecule has 0 saturated heterocycles. The Bertz CT molecular complexity index is 728. The third-order valence-corrected chi connectivity index (χ3v) is 5.70. The minimum atomic E-state index is -3.60. The maximum atomic E-state index is 12.3. The molecule has 1 amide bonds. The fourth-order valence-electron chi connectivity index (χ4n) is 2.83. The van der Waals surface area contributed by atoms with Crippen LogP contribution in [0.1, 0.15) is 43.5 Å². The van der Waals surface area contributed by atoms with Crippen LogP contribution in [0.4, 0.5) is 0 Å². The fraction of sp³-hybridized carbons (Fsp3) is 0.529. The molecule has 1 saturated carbocycles. The zero-order chi connectivity index (χ0) is 18.6. The number of hydrogen-bond acceptors (Lipinski definition) is 4. The second kappa shape index (κ2) is 7.97. The van der Waals surface area contributed by atoms with Crippen molar-refractivity contribution >= 4 is 21.9 Å². The number of rotatable bonds is 7. The van der Waals surface area contributed by atoms with E-state index in [-0.39, 0.29) is 16.9 Å². The fourth-order valence-corrected chi connectivity index (χ4v) is 4.04. The number of nitrogens with one attached hydrogen (secondary N) is 2. The van der Waals surface area contributed by atoms with Gasteiger partial charge in [0.15, 0.2) is 0 Å². The van der Waals surface area contributed by atoms with Crippen LogP contribution in [0.15, 0.2) is 29.2 Å². The second-order valence-corrected chi connectivity index (χ2v) is 8.49. The number of hydrogen-bond donors (Lipinski definition) is 3. The van der Waals surface area contributed by atoms with E-state index in [1.54, 1.807) is 0 Å². The molecule has 0 radical (unpaired) electrons. The number of benzene rings is 1. The first kappa shape index (κ1) is 19.4. The third kappa shape index (κ3) is 5.02. The normalized spacial score (nSPS) is 20.6. The van der Waals surface area contributed by atoms with Gasteiger partial charge in [0.2, 0.25) is 10.0 Å². The number of carbonyl (C=O) groups is 2. The van der Waals surface area contributed by atoms with Crippen molar-refractivity contribution in [2.75, 3.05) is 6.54 Å². The van der Waals surface area contributed by atoms with Crippen LogP contribution in [0, 0.1) is 11.8 Å². The van der Waals surface area contributed by atoms with Crippen LogP contribution in [-0.4, -0.2) is 38.0 Å². The van der Waals surface area contributed by atoms with Crippen molar-refractivity contribution in [3.63, 3.8) is 0 Å². The lowest BCUT2D eigenvalue weighted by atomic mass is 10.0. The monoisotopic (exact) mass is 368 g/mol. The van der Waals surface area contributed by atoms with Crippen molar-refractivity contribution in [3.05, 3.63) is 29.8 Å². The maximum absolute atomic E-state index is 12.3. The molecule has 1 aliphatic rings. The van der Waals surface area contributed by atoms with Crippen LogP contribution in [0.3, 0.4) is 0 Å². The average molecular weight is 368 g/mol. The van der Waals surface area contributed by atoms with E-state index in [0.717, 1.165) is 6.42 Å². The van der Waals surface area contributed by atoms with E-state index in [9.17, 15) is 18.0 Å². The van der Waals surface area contributed by atoms with Crippen LogP contribution in [0.5, 0.6) is 0 Å². The molecule has 3 N–H and O–H groups in total. The lowest BCUT2D eigenvalue weighted by Gasteiger charge is -2.17. The van der Waals surface area contributed by atoms with Crippen molar-refractivity contribution in [3.8, 4) is 0 Å². The van der Waals surface area contributed by atoms with E-state index in [0.29, 0.717) is 24.9 Å². The smallest absolute Gasteiger partial charge is 0.308 e. The van der Waals surface area contributed by atoms with Crippen LogP contribution >= 0.6 is 0 Å². The highest BCUT2D eigenvalue weighted by molar-refractivity contribution is 7.89. The van der Waals surface area contributed by atoms with Gasteiger partial charge in [0.05, 0.1) is 10.8 Å². The molecule has 0 aliphatic heterocycles. The molecule has 8 heteroatoms. The van der Waals surface area contributed by atoms with Crippen molar-refractivity contribution in [1.82, 2.24) is 10.0 Å². The predicted octanol–water partition coefficient (Wildman–Crippen LogP) is 1.60. The van der Waals surface area contributed by atoms with E-state index in [1.807, 2.05) is 13.8 Å². The van der Waals surface area contributed by atoms with Crippen molar-refractivity contribution < 1.29 is 23.1 Å². The zero-order valence-corrected chi connectivity index (χ0v) is 15.2. The van der Waals surface area contributed by atoms with Gasteiger partial charge in [0, 0.05) is 18.2 Å². The van der Waals surface area contributed by atoms with Crippen LogP contribution in [0.25, 0.3) is 0 Å². The number of aliphatic carboxylic acids is 1. The molecule has 138 valence electrons. The van der Waals surface area contributed by atoms with E-state index < -0.39 is 27.8 Å². The highest BCUT2D eigenvalue weighted by Crippen LogP contribution is 2.26. The van der Waals surface area contributed by atoms with E-state index in [4.69, 9.17) is 5.11 Å². The predicted molar refractivity (Wildman–Crippen MR) is 92.7 cm³/mol. The van der Waals surface area contributed by atoms with Gasteiger partial charge in [-0.1, -0.05) is 20.3 Å². The summed E-state index contributed by atoms with van der Waals surface area (Å²) < 4.78 is 26.8. The summed E-state index contributed by atoms with van der Waals surface area (Å²) >= 11 is 0. The Balaban J connectivity index is 2.04. The SMILES string of the molecule is CC(C)CNS(=O)(=O)c1ccc(C(=O)N[C@@H]2CCC[C@@H]2C(=O)O)cc1. The quantitative estimate of drug-likeness (QED) is 0.677. The average Bonchev–Trinajstić information content (AvgIpc) is 3.01. The number of carbonyl (C=O) groups excluding carboxylic acids is 1. The molecule has 1 aromatic carbocycles. The second-order valence-electron chi connectivity index (χ2n) is 6.73. The molecule has 0 heterocycles. The van der Waals surface area contributed by atoms with E-state index in [2.05, 4.69) is 10.0 Å². The first-order chi connectivity index (χ1) is 11.7. The Morgan fingerprint density at radius 2 is 1.84 bits per heavy atom. The highest BCUT2D eigenvalue weighted by Gasteiger charge is 2.34. The molecule has 1 aliphatic carbocycles. The third-order valence-electron chi connectivity index (χ3n) is 4.26. The van der Waals surface area contributed by atoms with Gasteiger partial charge in [-0.05, 0) is 43.0 Å². The molecule has 2 atom stereocenters. The van der Waals surface area contributed by atoms with Crippen LogP contribution in [-0.2, 0) is 14.8 Å². The summed E-state index contributed by atoms with van der Waals surface area (Å²) in [5.74, 6) is -1.67. The Hall–Kier alpha value is -1.93. The number of carboxylic acids is 1. The van der Waals surface area contributed by atoms with Gasteiger partial charge in [-0.3, -0.25) is 9.59 Å². The largest absolute Gasteiger partial charge is 0.481 e. The lowest BCUT2D eigenvalue weighted by molar-refractivity contribution is -0.142. The maximum Gasteiger partial charge on any atom is 0.308 e. The summed E-state index contributed by atoms with van der Waals surface area (Å²) in [7, 11) is -3.60. The highest BCUT2D eigenvalue weighted by atomic mass is 32.2. The van der Waals surface area contributed by atoms with Gasteiger partial charge in [-0.25, -0.2) is 13.1 Å². The molecule has 7 nitrogen and oxygen atoms in total. The van der Waals surface area contributed by atoms with Crippen molar-refractivity contribution in [1.29, 1.82) is 0 Å². The summed E-state index contributed by atoms with van der Waals surface area (Å²) in [5, 5.41) is 11.9. The Morgan fingerprint density at radius 3 is 2.40 bits per heavy atom. The topological polar surface area (TPSA) is 113 Å². The molecule has 25 heavy (non-hydrogen) atoms. The molecule has 0 aromatic heterocycles. The van der Waals surface area contributed by atoms with Gasteiger partial charge in [0.25, 0.3) is 5.91 Å². The van der Waals surface area contributed by atoms with E-state index >= 15 is 0 Å². The molecule has 2 rings (SSSR count). The summed E-state index contributed by atoms with van der Waals surface area (Å²) in [6.45, 7) is 4.15. The molecule has 1 aromatic rings. The van der Waals surface area contributed by atoms with Crippen molar-refractivity contribution in [2.45, 2.75) is 44.0 Å². The summed E-state index contributed by atoms with van der Waals surface area (Å²) in [4.78, 5) is 23.5. The molecule has 1 fully saturated rings. The standard InChI is InChI=1S/C17H24N2O5S/c1-11(2)10-18-25(23,24)13-8-6-12(7-9-13)16(20)19-15-5-3-4-14(15)17(21)22/h6-9,11,14-15,18H,3-5,10H2,1-2H3,(H,19,20)(H,21,22)/t14-,15+/m0/s1. The Labute approximate surface area is 147 Å². The van der Waals surface area contributed by atoms with E-state index in [1.165, 1.54) is 24.3 Å². The van der Waals surface area contributed by atoms with Crippen LogP contribution in [0.2, 0.25) is 0 Å². The van der Waals surface area contributed by atoms with Gasteiger partial charge < -0.3 is 10.4 Å². The molecule has 0 bridgehead atoms.